The van der Waals surface area contributed by atoms with Crippen LogP contribution < -0.4 is 24.4 Å². The standard InChI is InChI=1S/C30H27NO7/c1-17(2)15-35-22-11-9-19(13-24(22)34-3)27-26-28(32)20-6-4-5-7-21(20)38-29(26)30(33)31(27)14-18-8-10-23-25(12-18)37-16-36-23/h4-13,17,27H,14-16H2,1-3H3. The maximum Gasteiger partial charge on any atom is 0.291 e. The van der Waals surface area contributed by atoms with E-state index in [-0.39, 0.29) is 30.4 Å². The van der Waals surface area contributed by atoms with E-state index < -0.39 is 6.04 Å². The van der Waals surface area contributed by atoms with Gasteiger partial charge in [0, 0.05) is 6.54 Å². The summed E-state index contributed by atoms with van der Waals surface area (Å²) in [6.07, 6.45) is 0. The van der Waals surface area contributed by atoms with Gasteiger partial charge in [-0.1, -0.05) is 38.1 Å². The van der Waals surface area contributed by atoms with Crippen molar-refractivity contribution in [2.45, 2.75) is 26.4 Å². The molecule has 0 spiro atoms. The van der Waals surface area contributed by atoms with Crippen LogP contribution >= 0.6 is 0 Å². The van der Waals surface area contributed by atoms with Crippen LogP contribution in [-0.2, 0) is 6.54 Å². The van der Waals surface area contributed by atoms with Crippen molar-refractivity contribution in [1.29, 1.82) is 0 Å². The zero-order chi connectivity index (χ0) is 26.4. The smallest absolute Gasteiger partial charge is 0.291 e. The second kappa shape index (κ2) is 9.45. The minimum atomic E-state index is -0.683. The van der Waals surface area contributed by atoms with Crippen molar-refractivity contribution in [3.05, 3.63) is 93.3 Å². The van der Waals surface area contributed by atoms with Crippen molar-refractivity contribution < 1.29 is 28.2 Å². The Bertz CT molecular complexity index is 1610. The first-order chi connectivity index (χ1) is 18.4. The van der Waals surface area contributed by atoms with Gasteiger partial charge in [0.25, 0.3) is 5.91 Å². The number of carbonyl (C=O) groups is 1. The average Bonchev–Trinajstić information content (AvgIpc) is 3.50. The Morgan fingerprint density at radius 3 is 2.61 bits per heavy atom. The Labute approximate surface area is 219 Å². The van der Waals surface area contributed by atoms with Gasteiger partial charge < -0.3 is 28.3 Å². The highest BCUT2D eigenvalue weighted by Crippen LogP contribution is 2.42. The molecule has 0 N–H and O–H groups in total. The van der Waals surface area contributed by atoms with Gasteiger partial charge in [0.05, 0.1) is 30.7 Å². The van der Waals surface area contributed by atoms with E-state index in [0.29, 0.717) is 57.6 Å². The number of para-hydroxylation sites is 1. The van der Waals surface area contributed by atoms with Crippen molar-refractivity contribution in [3.63, 3.8) is 0 Å². The second-order valence-electron chi connectivity index (χ2n) is 9.81. The molecule has 1 aromatic heterocycles. The van der Waals surface area contributed by atoms with E-state index in [2.05, 4.69) is 13.8 Å². The zero-order valence-corrected chi connectivity index (χ0v) is 21.4. The fraction of sp³-hybridized carbons (Fsp3) is 0.267. The predicted molar refractivity (Wildman–Crippen MR) is 140 cm³/mol. The second-order valence-corrected chi connectivity index (χ2v) is 9.81. The molecule has 3 aromatic carbocycles. The number of methoxy groups -OCH3 is 1. The van der Waals surface area contributed by atoms with Crippen LogP contribution in [0.5, 0.6) is 23.0 Å². The first-order valence-corrected chi connectivity index (χ1v) is 12.5. The molecular formula is C30H27NO7. The maximum absolute atomic E-state index is 13.8. The molecule has 0 saturated heterocycles. The minimum absolute atomic E-state index is 0.0542. The number of benzene rings is 3. The van der Waals surface area contributed by atoms with Crippen molar-refractivity contribution in [2.75, 3.05) is 20.5 Å². The average molecular weight is 514 g/mol. The number of fused-ring (bicyclic) bond motifs is 3. The van der Waals surface area contributed by atoms with Gasteiger partial charge >= 0.3 is 0 Å². The molecule has 1 amide bonds. The molecular weight excluding hydrogens is 486 g/mol. The Balaban J connectivity index is 1.48. The lowest BCUT2D eigenvalue weighted by atomic mass is 9.97. The minimum Gasteiger partial charge on any atom is -0.493 e. The van der Waals surface area contributed by atoms with Crippen molar-refractivity contribution in [2.24, 2.45) is 5.92 Å². The number of hydrogen-bond acceptors (Lipinski definition) is 7. The molecule has 38 heavy (non-hydrogen) atoms. The molecule has 0 aliphatic carbocycles. The van der Waals surface area contributed by atoms with Gasteiger partial charge in [-0.2, -0.15) is 0 Å². The highest BCUT2D eigenvalue weighted by Gasteiger charge is 2.43. The molecule has 6 rings (SSSR count). The summed E-state index contributed by atoms with van der Waals surface area (Å²) < 4.78 is 28.6. The molecule has 4 aromatic rings. The van der Waals surface area contributed by atoms with E-state index in [1.165, 1.54) is 0 Å². The molecule has 0 bridgehead atoms. The van der Waals surface area contributed by atoms with E-state index in [1.807, 2.05) is 36.4 Å². The fourth-order valence-corrected chi connectivity index (χ4v) is 4.94. The number of ether oxygens (including phenoxy) is 4. The molecule has 2 aliphatic rings. The summed E-state index contributed by atoms with van der Waals surface area (Å²) in [5, 5.41) is 0.429. The van der Waals surface area contributed by atoms with E-state index in [1.54, 1.807) is 36.3 Å². The topological polar surface area (TPSA) is 87.4 Å². The van der Waals surface area contributed by atoms with Gasteiger partial charge in [-0.25, -0.2) is 0 Å². The fourth-order valence-electron chi connectivity index (χ4n) is 4.94. The molecule has 0 saturated carbocycles. The first-order valence-electron chi connectivity index (χ1n) is 12.5. The van der Waals surface area contributed by atoms with Crippen LogP contribution in [0.15, 0.2) is 69.9 Å². The number of nitrogens with zero attached hydrogens (tertiary/aromatic N) is 1. The van der Waals surface area contributed by atoms with Crippen LogP contribution in [0.4, 0.5) is 0 Å². The van der Waals surface area contributed by atoms with E-state index in [4.69, 9.17) is 23.4 Å². The van der Waals surface area contributed by atoms with Crippen molar-refractivity contribution >= 4 is 16.9 Å². The SMILES string of the molecule is COc1cc(C2c3c(oc4ccccc4c3=O)C(=O)N2Cc2ccc3c(c2)OCO3)ccc1OCC(C)C. The third-order valence-electron chi connectivity index (χ3n) is 6.74. The number of carbonyl (C=O) groups excluding carboxylic acids is 1. The largest absolute Gasteiger partial charge is 0.493 e. The van der Waals surface area contributed by atoms with Gasteiger partial charge in [0.15, 0.2) is 28.4 Å². The maximum atomic E-state index is 13.8. The van der Waals surface area contributed by atoms with Gasteiger partial charge in [0.1, 0.15) is 5.58 Å². The molecule has 0 radical (unpaired) electrons. The Hall–Kier alpha value is -4.46. The lowest BCUT2D eigenvalue weighted by Crippen LogP contribution is -2.29. The summed E-state index contributed by atoms with van der Waals surface area (Å²) >= 11 is 0. The van der Waals surface area contributed by atoms with Gasteiger partial charge in [-0.3, -0.25) is 9.59 Å². The molecule has 0 fully saturated rings. The highest BCUT2D eigenvalue weighted by atomic mass is 16.7. The van der Waals surface area contributed by atoms with Crippen molar-refractivity contribution in [3.8, 4) is 23.0 Å². The molecule has 3 heterocycles. The van der Waals surface area contributed by atoms with Crippen LogP contribution in [0.1, 0.15) is 47.1 Å². The summed E-state index contributed by atoms with van der Waals surface area (Å²) in [5.41, 5.74) is 2.01. The molecule has 2 aliphatic heterocycles. The Kier molecular flexibility index (Phi) is 5.94. The van der Waals surface area contributed by atoms with E-state index in [9.17, 15) is 9.59 Å². The number of amides is 1. The lowest BCUT2D eigenvalue weighted by molar-refractivity contribution is 0.0714. The highest BCUT2D eigenvalue weighted by molar-refractivity contribution is 5.99. The first kappa shape index (κ1) is 23.9. The van der Waals surface area contributed by atoms with Gasteiger partial charge in [0.2, 0.25) is 12.6 Å². The normalized spacial score (nSPS) is 15.8. The summed E-state index contributed by atoms with van der Waals surface area (Å²) in [7, 11) is 1.57. The number of hydrogen-bond donors (Lipinski definition) is 0. The van der Waals surface area contributed by atoms with Crippen LogP contribution in [0.25, 0.3) is 11.0 Å². The van der Waals surface area contributed by atoms with E-state index in [0.717, 1.165) is 5.56 Å². The summed E-state index contributed by atoms with van der Waals surface area (Å²) in [6.45, 7) is 5.06. The molecule has 8 heteroatoms. The quantitative estimate of drug-likeness (QED) is 0.331. The van der Waals surface area contributed by atoms with Crippen LogP contribution in [0, 0.1) is 5.92 Å². The van der Waals surface area contributed by atoms with Gasteiger partial charge in [-0.05, 0) is 53.4 Å². The summed E-state index contributed by atoms with van der Waals surface area (Å²) in [6, 6.07) is 17.4. The molecule has 1 atom stereocenters. The van der Waals surface area contributed by atoms with E-state index >= 15 is 0 Å². The number of rotatable bonds is 7. The Morgan fingerprint density at radius 2 is 1.79 bits per heavy atom. The Morgan fingerprint density at radius 1 is 0.974 bits per heavy atom. The van der Waals surface area contributed by atoms with Crippen LogP contribution in [-0.4, -0.2) is 31.3 Å². The molecule has 1 unspecified atom stereocenters. The lowest BCUT2D eigenvalue weighted by Gasteiger charge is -2.26. The van der Waals surface area contributed by atoms with Gasteiger partial charge in [-0.15, -0.1) is 0 Å². The third kappa shape index (κ3) is 4.02. The predicted octanol–water partition coefficient (Wildman–Crippen LogP) is 5.31. The van der Waals surface area contributed by atoms with Crippen molar-refractivity contribution in [1.82, 2.24) is 4.90 Å². The van der Waals surface area contributed by atoms with Crippen LogP contribution in [0.3, 0.4) is 0 Å². The monoisotopic (exact) mass is 513 g/mol. The summed E-state index contributed by atoms with van der Waals surface area (Å²) in [4.78, 5) is 29.2. The third-order valence-corrected chi connectivity index (χ3v) is 6.74. The zero-order valence-electron chi connectivity index (χ0n) is 21.4. The summed E-state index contributed by atoms with van der Waals surface area (Å²) in [5.74, 6) is 2.44. The molecule has 8 nitrogen and oxygen atoms in total. The van der Waals surface area contributed by atoms with Crippen LogP contribution in [0.2, 0.25) is 0 Å². The molecule has 194 valence electrons.